The van der Waals surface area contributed by atoms with E-state index in [1.165, 1.54) is 0 Å². The van der Waals surface area contributed by atoms with Crippen molar-refractivity contribution in [2.45, 2.75) is 169 Å². The van der Waals surface area contributed by atoms with Crippen LogP contribution in [0, 0.1) is 28.1 Å². The van der Waals surface area contributed by atoms with Crippen LogP contribution in [0.1, 0.15) is 71.6 Å². The van der Waals surface area contributed by atoms with E-state index in [2.05, 4.69) is 13.5 Å². The zero-order valence-corrected chi connectivity index (χ0v) is 31.8. The monoisotopic (exact) mass is 804 g/mol. The van der Waals surface area contributed by atoms with Crippen molar-refractivity contribution in [1.29, 1.82) is 0 Å². The first-order valence-corrected chi connectivity index (χ1v) is 19.9. The molecule has 0 radical (unpaired) electrons. The maximum absolute atomic E-state index is 12.6. The Bertz CT molecular complexity index is 1450. The molecular weight excluding hydrogens is 744 g/mol. The van der Waals surface area contributed by atoms with Crippen LogP contribution in [0.2, 0.25) is 0 Å². The Hall–Kier alpha value is -1.43. The summed E-state index contributed by atoms with van der Waals surface area (Å²) in [7, 11) is 0. The van der Waals surface area contributed by atoms with Gasteiger partial charge in [0, 0.05) is 0 Å². The van der Waals surface area contributed by atoms with Gasteiger partial charge in [-0.25, -0.2) is 0 Å². The predicted octanol–water partition coefficient (Wildman–Crippen LogP) is -2.37. The maximum atomic E-state index is 12.6. The van der Waals surface area contributed by atoms with Crippen LogP contribution >= 0.6 is 0 Å². The fourth-order valence-corrected chi connectivity index (χ4v) is 12.1. The molecule has 0 amide bonds. The third kappa shape index (κ3) is 6.69. The van der Waals surface area contributed by atoms with Crippen LogP contribution in [-0.2, 0) is 33.2 Å². The number of fused-ring (bicyclic) bond motifs is 3. The van der Waals surface area contributed by atoms with E-state index in [9.17, 15) is 61.0 Å². The van der Waals surface area contributed by atoms with Crippen LogP contribution in [-0.4, -0.2) is 180 Å². The third-order valence-corrected chi connectivity index (χ3v) is 15.0. The van der Waals surface area contributed by atoms with Crippen molar-refractivity contribution in [3.05, 3.63) is 12.2 Å². The van der Waals surface area contributed by atoms with Gasteiger partial charge in [-0.2, -0.15) is 0 Å². The molecule has 21 unspecified atom stereocenters. The molecule has 320 valence electrons. The molecule has 3 saturated heterocycles. The van der Waals surface area contributed by atoms with Crippen molar-refractivity contribution >= 4 is 5.97 Å². The van der Waals surface area contributed by atoms with Crippen molar-refractivity contribution in [2.24, 2.45) is 28.1 Å². The standard InChI is InChI=1S/C38H60O18/c1-16-11-37-9-5-20-35(2,7-4-8-36(20,3)34(49)50)21(37)6-10-38(16,15-37)56-33-30(26(46)23(43)18(13-40)53-33)55-32-28(48)29(24(44)19(14-41)52-32)54-31-27(47)25(45)22(42)17(12-39)51-31/h17-33,39-48H,1,4-15H2,2-3H3,(H,49,50). The molecule has 0 aromatic heterocycles. The number of rotatable bonds is 10. The van der Waals surface area contributed by atoms with E-state index >= 15 is 0 Å². The molecule has 56 heavy (non-hydrogen) atoms. The highest BCUT2D eigenvalue weighted by atomic mass is 16.8. The second-order valence-electron chi connectivity index (χ2n) is 18.0. The van der Waals surface area contributed by atoms with Gasteiger partial charge in [-0.3, -0.25) is 4.79 Å². The molecule has 2 bridgehead atoms. The first kappa shape index (κ1) is 42.7. The molecule has 3 heterocycles. The molecule has 7 aliphatic rings. The second-order valence-corrected chi connectivity index (χ2v) is 18.0. The average Bonchev–Trinajstić information content (AvgIpc) is 3.36. The molecular formula is C38H60O18. The van der Waals surface area contributed by atoms with E-state index in [0.717, 1.165) is 31.3 Å². The molecule has 3 aliphatic heterocycles. The number of carbonyl (C=O) groups is 1. The Labute approximate surface area is 324 Å². The second kappa shape index (κ2) is 15.6. The lowest BCUT2D eigenvalue weighted by atomic mass is 9.41. The number of ether oxygens (including phenoxy) is 6. The van der Waals surface area contributed by atoms with Gasteiger partial charge in [0.25, 0.3) is 0 Å². The molecule has 7 rings (SSSR count). The largest absolute Gasteiger partial charge is 0.481 e. The van der Waals surface area contributed by atoms with Crippen LogP contribution in [0.5, 0.6) is 0 Å². The summed E-state index contributed by atoms with van der Waals surface area (Å²) in [5.41, 5.74) is -1.45. The summed E-state index contributed by atoms with van der Waals surface area (Å²) in [6.07, 6.45) is -18.9. The molecule has 18 nitrogen and oxygen atoms in total. The number of carboxylic acid groups (broad SMARTS) is 1. The fraction of sp³-hybridized carbons (Fsp3) is 0.921. The highest BCUT2D eigenvalue weighted by Crippen LogP contribution is 2.73. The molecule has 21 atom stereocenters. The zero-order valence-electron chi connectivity index (χ0n) is 31.8. The quantitative estimate of drug-likeness (QED) is 0.0812. The molecule has 7 fully saturated rings. The van der Waals surface area contributed by atoms with Crippen molar-refractivity contribution < 1.29 is 89.4 Å². The topological polar surface area (TPSA) is 295 Å². The van der Waals surface area contributed by atoms with Crippen LogP contribution in [0.15, 0.2) is 12.2 Å². The van der Waals surface area contributed by atoms with E-state index < -0.39 is 129 Å². The maximum Gasteiger partial charge on any atom is 0.309 e. The molecule has 18 heteroatoms. The van der Waals surface area contributed by atoms with E-state index in [1.54, 1.807) is 0 Å². The van der Waals surface area contributed by atoms with Gasteiger partial charge >= 0.3 is 5.97 Å². The number of hydrogen-bond acceptors (Lipinski definition) is 17. The predicted molar refractivity (Wildman–Crippen MR) is 187 cm³/mol. The summed E-state index contributed by atoms with van der Waals surface area (Å²) in [6.45, 7) is 6.31. The van der Waals surface area contributed by atoms with Crippen molar-refractivity contribution in [1.82, 2.24) is 0 Å². The SMILES string of the molecule is C=C1CC23CCC4C(C)(C(=O)O)CCCC4(C)C2CCC1(OC1OC(CO)C(O)C(O)C1OC1OC(CO)C(O)C(OC2OC(CO)C(O)C(O)C2O)C1O)C3. The average molecular weight is 805 g/mol. The van der Waals surface area contributed by atoms with E-state index in [4.69, 9.17) is 28.4 Å². The number of carboxylic acids is 1. The molecule has 4 aliphatic carbocycles. The summed E-state index contributed by atoms with van der Waals surface area (Å²) in [5, 5.41) is 116. The number of aliphatic hydroxyl groups excluding tert-OH is 10. The van der Waals surface area contributed by atoms with Crippen molar-refractivity contribution in [2.75, 3.05) is 19.8 Å². The Morgan fingerprint density at radius 2 is 1.23 bits per heavy atom. The number of aliphatic hydroxyl groups is 10. The summed E-state index contributed by atoms with van der Waals surface area (Å²) in [6, 6.07) is 0. The molecule has 4 saturated carbocycles. The number of hydrogen-bond donors (Lipinski definition) is 11. The minimum Gasteiger partial charge on any atom is -0.481 e. The minimum atomic E-state index is -1.94. The summed E-state index contributed by atoms with van der Waals surface area (Å²) >= 11 is 0. The first-order valence-electron chi connectivity index (χ1n) is 19.9. The highest BCUT2D eigenvalue weighted by molar-refractivity contribution is 5.75. The molecule has 11 N–H and O–H groups in total. The minimum absolute atomic E-state index is 0.0114. The summed E-state index contributed by atoms with van der Waals surface area (Å²) in [5.74, 6) is -0.543. The van der Waals surface area contributed by atoms with Gasteiger partial charge in [0.2, 0.25) is 0 Å². The smallest absolute Gasteiger partial charge is 0.309 e. The lowest BCUT2D eigenvalue weighted by molar-refractivity contribution is -0.391. The van der Waals surface area contributed by atoms with Gasteiger partial charge in [0.1, 0.15) is 73.2 Å². The normalized spacial score (nSPS) is 54.6. The van der Waals surface area contributed by atoms with Gasteiger partial charge in [-0.1, -0.05) is 19.9 Å². The first-order chi connectivity index (χ1) is 26.4. The van der Waals surface area contributed by atoms with Gasteiger partial charge in [-0.15, -0.1) is 0 Å². The number of aliphatic carboxylic acids is 1. The van der Waals surface area contributed by atoms with E-state index in [0.29, 0.717) is 32.1 Å². The van der Waals surface area contributed by atoms with Crippen molar-refractivity contribution in [3.63, 3.8) is 0 Å². The van der Waals surface area contributed by atoms with Gasteiger partial charge in [-0.05, 0) is 86.5 Å². The Kier molecular flexibility index (Phi) is 11.9. The molecule has 1 spiro atoms. The highest BCUT2D eigenvalue weighted by Gasteiger charge is 2.69. The lowest BCUT2D eigenvalue weighted by Gasteiger charge is -2.64. The Morgan fingerprint density at radius 3 is 1.86 bits per heavy atom. The van der Waals surface area contributed by atoms with Gasteiger partial charge < -0.3 is 84.6 Å². The van der Waals surface area contributed by atoms with Gasteiger partial charge in [0.05, 0.1) is 30.8 Å². The Morgan fingerprint density at radius 1 is 0.679 bits per heavy atom. The van der Waals surface area contributed by atoms with Crippen molar-refractivity contribution in [3.8, 4) is 0 Å². The molecule has 0 aromatic carbocycles. The van der Waals surface area contributed by atoms with Crippen LogP contribution in [0.3, 0.4) is 0 Å². The molecule has 0 aromatic rings. The summed E-state index contributed by atoms with van der Waals surface area (Å²) < 4.78 is 35.8. The zero-order chi connectivity index (χ0) is 40.7. The van der Waals surface area contributed by atoms with Gasteiger partial charge in [0.15, 0.2) is 18.9 Å². The summed E-state index contributed by atoms with van der Waals surface area (Å²) in [4.78, 5) is 12.6. The van der Waals surface area contributed by atoms with Crippen LogP contribution in [0.4, 0.5) is 0 Å². The van der Waals surface area contributed by atoms with Crippen LogP contribution < -0.4 is 0 Å². The fourth-order valence-electron chi connectivity index (χ4n) is 12.1. The Balaban J connectivity index is 1.13. The van der Waals surface area contributed by atoms with E-state index in [-0.39, 0.29) is 22.7 Å². The van der Waals surface area contributed by atoms with Crippen LogP contribution in [0.25, 0.3) is 0 Å². The lowest BCUT2D eigenvalue weighted by Crippen LogP contribution is -2.67. The third-order valence-electron chi connectivity index (χ3n) is 15.0. The van der Waals surface area contributed by atoms with E-state index in [1.807, 2.05) is 6.92 Å².